The standard InChI is InChI=1S/C14H17BrN4O4/c1-7-11(15)8(5-16)12(17-7)13(20)18-9-3-4-19(14(21)22)6-10(9)23-2/h9-10,17H,3-4,6H2,1-2H3,(H,18,20)(H,21,22)/t9-,10+/m1/s1. The maximum absolute atomic E-state index is 12.4. The number of ether oxygens (including phenoxy) is 1. The first-order chi connectivity index (χ1) is 10.9. The molecule has 1 aromatic heterocycles. The number of nitrogens with one attached hydrogen (secondary N) is 2. The van der Waals surface area contributed by atoms with Gasteiger partial charge in [0, 0.05) is 19.3 Å². The highest BCUT2D eigenvalue weighted by Gasteiger charge is 2.33. The van der Waals surface area contributed by atoms with Crippen LogP contribution in [0.5, 0.6) is 0 Å². The van der Waals surface area contributed by atoms with Gasteiger partial charge in [-0.1, -0.05) is 0 Å². The van der Waals surface area contributed by atoms with Gasteiger partial charge >= 0.3 is 6.09 Å². The average molecular weight is 385 g/mol. The van der Waals surface area contributed by atoms with Crippen molar-refractivity contribution in [2.75, 3.05) is 20.2 Å². The molecule has 1 fully saturated rings. The summed E-state index contributed by atoms with van der Waals surface area (Å²) in [5.74, 6) is -0.411. The Hall–Kier alpha value is -2.05. The predicted molar refractivity (Wildman–Crippen MR) is 84.2 cm³/mol. The second-order valence-electron chi connectivity index (χ2n) is 5.30. The highest BCUT2D eigenvalue weighted by molar-refractivity contribution is 9.10. The zero-order chi connectivity index (χ0) is 17.1. The van der Waals surface area contributed by atoms with Crippen LogP contribution < -0.4 is 5.32 Å². The molecule has 124 valence electrons. The van der Waals surface area contributed by atoms with Crippen molar-refractivity contribution in [1.29, 1.82) is 5.26 Å². The van der Waals surface area contributed by atoms with Gasteiger partial charge in [-0.2, -0.15) is 5.26 Å². The lowest BCUT2D eigenvalue weighted by Gasteiger charge is -2.36. The molecule has 8 nitrogen and oxygen atoms in total. The molecular weight excluding hydrogens is 368 g/mol. The quantitative estimate of drug-likeness (QED) is 0.728. The SMILES string of the molecule is CO[C@H]1CN(C(=O)O)CC[C@H]1NC(=O)c1[nH]c(C)c(Br)c1C#N. The third-order valence-electron chi connectivity index (χ3n) is 3.90. The van der Waals surface area contributed by atoms with Gasteiger partial charge in [0.25, 0.3) is 5.91 Å². The maximum Gasteiger partial charge on any atom is 0.407 e. The summed E-state index contributed by atoms with van der Waals surface area (Å²) >= 11 is 3.27. The largest absolute Gasteiger partial charge is 0.465 e. The minimum Gasteiger partial charge on any atom is -0.465 e. The molecule has 2 rings (SSSR count). The Morgan fingerprint density at radius 2 is 2.26 bits per heavy atom. The Kier molecular flexibility index (Phi) is 5.28. The summed E-state index contributed by atoms with van der Waals surface area (Å²) in [4.78, 5) is 27.6. The van der Waals surface area contributed by atoms with E-state index >= 15 is 0 Å². The number of aromatic amines is 1. The first-order valence-electron chi connectivity index (χ1n) is 6.98. The van der Waals surface area contributed by atoms with Crippen molar-refractivity contribution in [2.45, 2.75) is 25.5 Å². The van der Waals surface area contributed by atoms with E-state index in [9.17, 15) is 14.9 Å². The van der Waals surface area contributed by atoms with Crippen LogP contribution in [0.3, 0.4) is 0 Å². The molecule has 0 aromatic carbocycles. The number of carboxylic acid groups (broad SMARTS) is 1. The molecular formula is C14H17BrN4O4. The predicted octanol–water partition coefficient (Wildman–Crippen LogP) is 1.45. The highest BCUT2D eigenvalue weighted by Crippen LogP contribution is 2.24. The maximum atomic E-state index is 12.4. The van der Waals surface area contributed by atoms with E-state index in [1.807, 2.05) is 6.07 Å². The molecule has 1 saturated heterocycles. The number of carbonyl (C=O) groups is 2. The number of carbonyl (C=O) groups excluding carboxylic acids is 1. The van der Waals surface area contributed by atoms with E-state index in [2.05, 4.69) is 26.2 Å². The normalized spacial score (nSPS) is 20.9. The Morgan fingerprint density at radius 1 is 1.57 bits per heavy atom. The molecule has 1 aliphatic heterocycles. The number of aromatic nitrogens is 1. The molecule has 0 bridgehead atoms. The minimum absolute atomic E-state index is 0.187. The zero-order valence-corrected chi connectivity index (χ0v) is 14.3. The highest BCUT2D eigenvalue weighted by atomic mass is 79.9. The number of hydrogen-bond acceptors (Lipinski definition) is 4. The summed E-state index contributed by atoms with van der Waals surface area (Å²) in [6.07, 6.45) is -0.999. The lowest BCUT2D eigenvalue weighted by atomic mass is 10.0. The molecule has 1 aromatic rings. The van der Waals surface area contributed by atoms with Gasteiger partial charge in [-0.05, 0) is 29.3 Å². The van der Waals surface area contributed by atoms with Crippen molar-refractivity contribution in [3.8, 4) is 6.07 Å². The Bertz CT molecular complexity index is 666. The molecule has 3 N–H and O–H groups in total. The number of piperidine rings is 1. The molecule has 1 aliphatic rings. The number of likely N-dealkylation sites (tertiary alicyclic amines) is 1. The van der Waals surface area contributed by atoms with Gasteiger partial charge in [0.1, 0.15) is 11.8 Å². The molecule has 0 spiro atoms. The van der Waals surface area contributed by atoms with E-state index in [4.69, 9.17) is 9.84 Å². The number of nitrogens with zero attached hydrogens (tertiary/aromatic N) is 2. The third kappa shape index (κ3) is 3.48. The fraction of sp³-hybridized carbons (Fsp3) is 0.500. The van der Waals surface area contributed by atoms with E-state index in [-0.39, 0.29) is 23.8 Å². The molecule has 0 unspecified atom stereocenters. The third-order valence-corrected chi connectivity index (χ3v) is 4.89. The molecule has 2 atom stereocenters. The van der Waals surface area contributed by atoms with Crippen LogP contribution >= 0.6 is 15.9 Å². The summed E-state index contributed by atoms with van der Waals surface area (Å²) in [5, 5.41) is 21.0. The zero-order valence-electron chi connectivity index (χ0n) is 12.7. The summed E-state index contributed by atoms with van der Waals surface area (Å²) < 4.78 is 5.87. The summed E-state index contributed by atoms with van der Waals surface area (Å²) in [5.41, 5.74) is 1.13. The van der Waals surface area contributed by atoms with Crippen molar-refractivity contribution in [2.24, 2.45) is 0 Å². The van der Waals surface area contributed by atoms with Crippen molar-refractivity contribution in [3.63, 3.8) is 0 Å². The first kappa shape index (κ1) is 17.3. The number of hydrogen-bond donors (Lipinski definition) is 3. The van der Waals surface area contributed by atoms with Crippen molar-refractivity contribution in [3.05, 3.63) is 21.4 Å². The number of nitriles is 1. The lowest BCUT2D eigenvalue weighted by Crippen LogP contribution is -2.55. The number of methoxy groups -OCH3 is 1. The van der Waals surface area contributed by atoms with Crippen LogP contribution in [-0.2, 0) is 4.74 Å². The van der Waals surface area contributed by atoms with E-state index in [0.717, 1.165) is 0 Å². The minimum atomic E-state index is -1.01. The van der Waals surface area contributed by atoms with Crippen LogP contribution in [-0.4, -0.2) is 59.3 Å². The van der Waals surface area contributed by atoms with Gasteiger partial charge in [0.2, 0.25) is 0 Å². The van der Waals surface area contributed by atoms with Crippen molar-refractivity contribution >= 4 is 27.9 Å². The van der Waals surface area contributed by atoms with Crippen molar-refractivity contribution in [1.82, 2.24) is 15.2 Å². The second kappa shape index (κ2) is 7.02. The van der Waals surface area contributed by atoms with Gasteiger partial charge < -0.3 is 25.0 Å². The fourth-order valence-corrected chi connectivity index (χ4v) is 3.00. The van der Waals surface area contributed by atoms with Gasteiger partial charge in [0.05, 0.1) is 28.7 Å². The molecule has 2 heterocycles. The van der Waals surface area contributed by atoms with Crippen LogP contribution in [0.2, 0.25) is 0 Å². The Morgan fingerprint density at radius 3 is 2.83 bits per heavy atom. The van der Waals surface area contributed by atoms with E-state index in [0.29, 0.717) is 23.1 Å². The molecule has 23 heavy (non-hydrogen) atoms. The van der Waals surface area contributed by atoms with E-state index in [1.165, 1.54) is 12.0 Å². The number of H-pyrrole nitrogens is 1. The smallest absolute Gasteiger partial charge is 0.407 e. The van der Waals surface area contributed by atoms with Crippen LogP contribution in [0.4, 0.5) is 4.79 Å². The topological polar surface area (TPSA) is 118 Å². The van der Waals surface area contributed by atoms with Gasteiger partial charge in [0.15, 0.2) is 0 Å². The van der Waals surface area contributed by atoms with E-state index < -0.39 is 18.1 Å². The summed E-state index contributed by atoms with van der Waals surface area (Å²) in [6, 6.07) is 1.67. The molecule has 9 heteroatoms. The number of halogens is 1. The van der Waals surface area contributed by atoms with E-state index in [1.54, 1.807) is 6.92 Å². The monoisotopic (exact) mass is 384 g/mol. The van der Waals surface area contributed by atoms with Gasteiger partial charge in [-0.25, -0.2) is 4.79 Å². The lowest BCUT2D eigenvalue weighted by molar-refractivity contribution is 0.0101. The van der Waals surface area contributed by atoms with Gasteiger partial charge in [-0.15, -0.1) is 0 Å². The molecule has 0 radical (unpaired) electrons. The van der Waals surface area contributed by atoms with Crippen LogP contribution in [0.25, 0.3) is 0 Å². The summed E-state index contributed by atoms with van der Waals surface area (Å²) in [7, 11) is 1.48. The molecule has 0 aliphatic carbocycles. The Labute approximate surface area is 141 Å². The van der Waals surface area contributed by atoms with Crippen LogP contribution in [0, 0.1) is 18.3 Å². The molecule has 0 saturated carbocycles. The second-order valence-corrected chi connectivity index (χ2v) is 6.09. The molecule has 2 amide bonds. The number of aryl methyl sites for hydroxylation is 1. The van der Waals surface area contributed by atoms with Crippen LogP contribution in [0.15, 0.2) is 4.47 Å². The average Bonchev–Trinajstić information content (AvgIpc) is 2.82. The first-order valence-corrected chi connectivity index (χ1v) is 7.78. The number of amides is 2. The summed E-state index contributed by atoms with van der Waals surface area (Å²) in [6.45, 7) is 2.26. The van der Waals surface area contributed by atoms with Crippen molar-refractivity contribution < 1.29 is 19.4 Å². The number of rotatable bonds is 3. The fourth-order valence-electron chi connectivity index (χ4n) is 2.61. The van der Waals surface area contributed by atoms with Crippen LogP contribution in [0.1, 0.15) is 28.2 Å². The Balaban J connectivity index is 2.13. The van der Waals surface area contributed by atoms with Gasteiger partial charge in [-0.3, -0.25) is 4.79 Å².